The van der Waals surface area contributed by atoms with E-state index in [1.807, 2.05) is 0 Å². The maximum atomic E-state index is 10.1. The fourth-order valence-electron chi connectivity index (χ4n) is 0.767. The van der Waals surface area contributed by atoms with Crippen molar-refractivity contribution in [3.63, 3.8) is 0 Å². The molecule has 0 amide bonds. The molecule has 0 aromatic heterocycles. The third-order valence-electron chi connectivity index (χ3n) is 1.18. The average Bonchev–Trinajstić information content (AvgIpc) is 2.15. The van der Waals surface area contributed by atoms with Crippen LogP contribution in [-0.2, 0) is 4.79 Å². The van der Waals surface area contributed by atoms with Crippen molar-refractivity contribution in [3.05, 3.63) is 11.6 Å². The van der Waals surface area contributed by atoms with Gasteiger partial charge < -0.3 is 5.11 Å². The SMILES string of the molecule is O=C(O)C=C1CCSC1. The standard InChI is InChI=1S/C6H8O2S/c7-6(8)3-5-1-2-9-4-5/h3H,1-2,4H2,(H,7,8). The smallest absolute Gasteiger partial charge is 0.328 e. The normalized spacial score (nSPS) is 22.9. The molecule has 1 N–H and O–H groups in total. The molecule has 9 heavy (non-hydrogen) atoms. The Kier molecular flexibility index (Phi) is 2.16. The molecule has 50 valence electrons. The Morgan fingerprint density at radius 3 is 3.00 bits per heavy atom. The maximum Gasteiger partial charge on any atom is 0.328 e. The molecule has 1 aliphatic heterocycles. The summed E-state index contributed by atoms with van der Waals surface area (Å²) in [6, 6.07) is 0. The minimum atomic E-state index is -0.813. The maximum absolute atomic E-state index is 10.1. The van der Waals surface area contributed by atoms with Crippen LogP contribution in [0.15, 0.2) is 11.6 Å². The predicted molar refractivity (Wildman–Crippen MR) is 37.7 cm³/mol. The summed E-state index contributed by atoms with van der Waals surface area (Å²) in [6.07, 6.45) is 2.27. The lowest BCUT2D eigenvalue weighted by atomic mass is 10.2. The molecule has 1 saturated heterocycles. The van der Waals surface area contributed by atoms with Crippen LogP contribution in [0.25, 0.3) is 0 Å². The molecule has 0 bridgehead atoms. The Hall–Kier alpha value is -0.440. The summed E-state index contributed by atoms with van der Waals surface area (Å²) in [4.78, 5) is 10.1. The minimum Gasteiger partial charge on any atom is -0.478 e. The second-order valence-corrected chi connectivity index (χ2v) is 3.05. The average molecular weight is 144 g/mol. The number of hydrogen-bond acceptors (Lipinski definition) is 2. The van der Waals surface area contributed by atoms with E-state index in [-0.39, 0.29) is 0 Å². The van der Waals surface area contributed by atoms with Gasteiger partial charge in [0.15, 0.2) is 0 Å². The van der Waals surface area contributed by atoms with E-state index in [0.29, 0.717) is 0 Å². The summed E-state index contributed by atoms with van der Waals surface area (Å²) in [5, 5.41) is 8.29. The van der Waals surface area contributed by atoms with Gasteiger partial charge in [-0.2, -0.15) is 11.8 Å². The van der Waals surface area contributed by atoms with Crippen molar-refractivity contribution in [1.29, 1.82) is 0 Å². The molecule has 3 heteroatoms. The zero-order valence-electron chi connectivity index (χ0n) is 4.96. The highest BCUT2D eigenvalue weighted by atomic mass is 32.2. The van der Waals surface area contributed by atoms with Gasteiger partial charge in [-0.25, -0.2) is 4.79 Å². The van der Waals surface area contributed by atoms with Crippen LogP contribution in [0.2, 0.25) is 0 Å². The summed E-state index contributed by atoms with van der Waals surface area (Å²) < 4.78 is 0. The zero-order chi connectivity index (χ0) is 6.69. The first-order valence-corrected chi connectivity index (χ1v) is 3.94. The van der Waals surface area contributed by atoms with Gasteiger partial charge in [0, 0.05) is 11.8 Å². The van der Waals surface area contributed by atoms with Crippen molar-refractivity contribution in [1.82, 2.24) is 0 Å². The molecule has 1 fully saturated rings. The summed E-state index contributed by atoms with van der Waals surface area (Å²) in [5.74, 6) is 1.18. The lowest BCUT2D eigenvalue weighted by molar-refractivity contribution is -0.131. The Morgan fingerprint density at radius 2 is 2.56 bits per heavy atom. The van der Waals surface area contributed by atoms with E-state index in [1.54, 1.807) is 11.8 Å². The van der Waals surface area contributed by atoms with Gasteiger partial charge in [-0.05, 0) is 12.2 Å². The Morgan fingerprint density at radius 1 is 1.78 bits per heavy atom. The molecular weight excluding hydrogens is 136 g/mol. The van der Waals surface area contributed by atoms with Crippen LogP contribution in [0, 0.1) is 0 Å². The number of carbonyl (C=O) groups is 1. The van der Waals surface area contributed by atoms with Crippen molar-refractivity contribution in [2.45, 2.75) is 6.42 Å². The molecule has 1 aliphatic rings. The van der Waals surface area contributed by atoms with Gasteiger partial charge in [0.2, 0.25) is 0 Å². The number of aliphatic carboxylic acids is 1. The van der Waals surface area contributed by atoms with Gasteiger partial charge in [0.05, 0.1) is 0 Å². The highest BCUT2D eigenvalue weighted by Gasteiger charge is 2.07. The fraction of sp³-hybridized carbons (Fsp3) is 0.500. The van der Waals surface area contributed by atoms with Gasteiger partial charge in [-0.1, -0.05) is 5.57 Å². The second-order valence-electron chi connectivity index (χ2n) is 1.94. The molecule has 0 aromatic rings. The highest BCUT2D eigenvalue weighted by molar-refractivity contribution is 7.99. The van der Waals surface area contributed by atoms with Crippen LogP contribution in [0.1, 0.15) is 6.42 Å². The first-order valence-electron chi connectivity index (χ1n) is 2.79. The first kappa shape index (κ1) is 6.68. The number of rotatable bonds is 1. The quantitative estimate of drug-likeness (QED) is 0.560. The van der Waals surface area contributed by atoms with Gasteiger partial charge in [-0.15, -0.1) is 0 Å². The molecule has 0 spiro atoms. The molecule has 0 saturated carbocycles. The van der Waals surface area contributed by atoms with Crippen molar-refractivity contribution in [3.8, 4) is 0 Å². The molecular formula is C6H8O2S. The van der Waals surface area contributed by atoms with E-state index in [4.69, 9.17) is 5.11 Å². The van der Waals surface area contributed by atoms with Crippen LogP contribution >= 0.6 is 11.8 Å². The van der Waals surface area contributed by atoms with Crippen molar-refractivity contribution in [2.75, 3.05) is 11.5 Å². The fourth-order valence-corrected chi connectivity index (χ4v) is 1.81. The molecule has 1 rings (SSSR count). The zero-order valence-corrected chi connectivity index (χ0v) is 5.78. The van der Waals surface area contributed by atoms with Crippen molar-refractivity contribution >= 4 is 17.7 Å². The molecule has 2 nitrogen and oxygen atoms in total. The van der Waals surface area contributed by atoms with E-state index >= 15 is 0 Å². The second kappa shape index (κ2) is 2.92. The lowest BCUT2D eigenvalue weighted by Gasteiger charge is -1.87. The van der Waals surface area contributed by atoms with E-state index < -0.39 is 5.97 Å². The summed E-state index contributed by atoms with van der Waals surface area (Å²) in [7, 11) is 0. The van der Waals surface area contributed by atoms with Gasteiger partial charge >= 0.3 is 5.97 Å². The number of carboxylic acid groups (broad SMARTS) is 1. The van der Waals surface area contributed by atoms with Gasteiger partial charge in [0.25, 0.3) is 0 Å². The number of carboxylic acids is 1. The van der Waals surface area contributed by atoms with Crippen LogP contribution in [0.5, 0.6) is 0 Å². The Labute approximate surface area is 57.9 Å². The largest absolute Gasteiger partial charge is 0.478 e. The van der Waals surface area contributed by atoms with Crippen LogP contribution in [-0.4, -0.2) is 22.6 Å². The third-order valence-corrected chi connectivity index (χ3v) is 2.25. The molecule has 0 unspecified atom stereocenters. The van der Waals surface area contributed by atoms with Gasteiger partial charge in [0.1, 0.15) is 0 Å². The van der Waals surface area contributed by atoms with Crippen molar-refractivity contribution < 1.29 is 9.90 Å². The predicted octanol–water partition coefficient (Wildman–Crippen LogP) is 1.13. The minimum absolute atomic E-state index is 0.813. The molecule has 0 aromatic carbocycles. The van der Waals surface area contributed by atoms with Gasteiger partial charge in [-0.3, -0.25) is 0 Å². The lowest BCUT2D eigenvalue weighted by Crippen LogP contribution is -1.90. The van der Waals surface area contributed by atoms with Crippen molar-refractivity contribution in [2.24, 2.45) is 0 Å². The summed E-state index contributed by atoms with van der Waals surface area (Å²) >= 11 is 1.79. The number of hydrogen-bond donors (Lipinski definition) is 1. The van der Waals surface area contributed by atoms with Crippen LogP contribution in [0.4, 0.5) is 0 Å². The van der Waals surface area contributed by atoms with Crippen LogP contribution < -0.4 is 0 Å². The Bertz CT molecular complexity index is 143. The summed E-state index contributed by atoms with van der Waals surface area (Å²) in [5.41, 5.74) is 1.06. The van der Waals surface area contributed by atoms with E-state index in [1.165, 1.54) is 6.08 Å². The monoisotopic (exact) mass is 144 g/mol. The molecule has 0 atom stereocenters. The topological polar surface area (TPSA) is 37.3 Å². The highest BCUT2D eigenvalue weighted by Crippen LogP contribution is 2.21. The van der Waals surface area contributed by atoms with E-state index in [9.17, 15) is 4.79 Å². The third kappa shape index (κ3) is 2.10. The summed E-state index contributed by atoms with van der Waals surface area (Å²) in [6.45, 7) is 0. The number of thioether (sulfide) groups is 1. The first-order chi connectivity index (χ1) is 4.29. The van der Waals surface area contributed by atoms with E-state index in [2.05, 4.69) is 0 Å². The van der Waals surface area contributed by atoms with Crippen LogP contribution in [0.3, 0.4) is 0 Å². The van der Waals surface area contributed by atoms with E-state index in [0.717, 1.165) is 23.5 Å². The molecule has 0 radical (unpaired) electrons. The Balaban J connectivity index is 2.49. The molecule has 1 heterocycles. The molecule has 0 aliphatic carbocycles.